The van der Waals surface area contributed by atoms with Crippen molar-refractivity contribution in [1.82, 2.24) is 9.61 Å². The zero-order chi connectivity index (χ0) is 19.2. The number of halogens is 1. The smallest absolute Gasteiger partial charge is 0.238 e. The molecule has 0 amide bonds. The third-order valence-corrected chi connectivity index (χ3v) is 5.28. The number of aromatic nitrogens is 2. The van der Waals surface area contributed by atoms with Crippen molar-refractivity contribution in [3.8, 4) is 22.4 Å². The lowest BCUT2D eigenvalue weighted by Gasteiger charge is -2.06. The van der Waals surface area contributed by atoms with Crippen molar-refractivity contribution >= 4 is 15.5 Å². The Morgan fingerprint density at radius 3 is 2.41 bits per heavy atom. The highest BCUT2D eigenvalue weighted by atomic mass is 32.2. The van der Waals surface area contributed by atoms with Gasteiger partial charge >= 0.3 is 0 Å². The van der Waals surface area contributed by atoms with Crippen LogP contribution in [0.1, 0.15) is 5.56 Å². The summed E-state index contributed by atoms with van der Waals surface area (Å²) in [5, 5.41) is 9.82. The summed E-state index contributed by atoms with van der Waals surface area (Å²) in [6.45, 7) is 1.96. The summed E-state index contributed by atoms with van der Waals surface area (Å²) in [5.41, 5.74) is 4.68. The molecule has 27 heavy (non-hydrogen) atoms. The molecular weight excluding hydrogens is 365 g/mol. The van der Waals surface area contributed by atoms with Gasteiger partial charge < -0.3 is 0 Å². The van der Waals surface area contributed by atoms with E-state index in [1.54, 1.807) is 28.8 Å². The van der Waals surface area contributed by atoms with Crippen molar-refractivity contribution < 1.29 is 12.8 Å². The van der Waals surface area contributed by atoms with E-state index < -0.39 is 10.0 Å². The Morgan fingerprint density at radius 2 is 1.74 bits per heavy atom. The standard InChI is InChI=1S/C20H16FN3O2S/c1-13-5-10-18-19(14-6-8-17(9-7-14)27(22,25)26)20(23-24(18)12-13)15-3-2-4-16(21)11-15/h2-12H,1H3,(H2,22,25,26). The first-order valence-corrected chi connectivity index (χ1v) is 9.76. The zero-order valence-electron chi connectivity index (χ0n) is 14.4. The largest absolute Gasteiger partial charge is 0.239 e. The van der Waals surface area contributed by atoms with Crippen LogP contribution >= 0.6 is 0 Å². The molecule has 0 saturated heterocycles. The average Bonchev–Trinajstić information content (AvgIpc) is 2.99. The molecule has 2 heterocycles. The topological polar surface area (TPSA) is 77.5 Å². The molecule has 0 bridgehead atoms. The first-order valence-electron chi connectivity index (χ1n) is 8.21. The van der Waals surface area contributed by atoms with Crippen LogP contribution in [0, 0.1) is 12.7 Å². The molecule has 2 N–H and O–H groups in total. The molecule has 0 aliphatic carbocycles. The lowest BCUT2D eigenvalue weighted by atomic mass is 9.99. The number of nitrogens with two attached hydrogens (primary N) is 1. The Bertz CT molecular complexity index is 1260. The van der Waals surface area contributed by atoms with Crippen LogP contribution in [0.3, 0.4) is 0 Å². The molecule has 4 aromatic rings. The van der Waals surface area contributed by atoms with Gasteiger partial charge in [0.2, 0.25) is 10.0 Å². The minimum atomic E-state index is -3.77. The molecule has 0 atom stereocenters. The maximum Gasteiger partial charge on any atom is 0.238 e. The molecule has 0 aliphatic rings. The van der Waals surface area contributed by atoms with Gasteiger partial charge in [0.25, 0.3) is 0 Å². The lowest BCUT2D eigenvalue weighted by Crippen LogP contribution is -2.11. The van der Waals surface area contributed by atoms with Crippen LogP contribution in [0.2, 0.25) is 0 Å². The molecule has 2 aromatic carbocycles. The van der Waals surface area contributed by atoms with E-state index in [0.717, 1.165) is 22.2 Å². The van der Waals surface area contributed by atoms with E-state index in [1.807, 2.05) is 25.3 Å². The molecule has 7 heteroatoms. The van der Waals surface area contributed by atoms with Crippen LogP contribution < -0.4 is 5.14 Å². The van der Waals surface area contributed by atoms with Gasteiger partial charge in [0.05, 0.1) is 10.4 Å². The number of sulfonamides is 1. The van der Waals surface area contributed by atoms with Crippen LogP contribution in [0.5, 0.6) is 0 Å². The Balaban J connectivity index is 1.99. The summed E-state index contributed by atoms with van der Waals surface area (Å²) < 4.78 is 38.6. The first-order chi connectivity index (χ1) is 12.8. The van der Waals surface area contributed by atoms with E-state index in [2.05, 4.69) is 5.10 Å². The van der Waals surface area contributed by atoms with Crippen molar-refractivity contribution in [2.75, 3.05) is 0 Å². The lowest BCUT2D eigenvalue weighted by molar-refractivity contribution is 0.598. The van der Waals surface area contributed by atoms with Gasteiger partial charge in [-0.15, -0.1) is 0 Å². The number of pyridine rings is 1. The van der Waals surface area contributed by atoms with E-state index in [1.165, 1.54) is 24.3 Å². The van der Waals surface area contributed by atoms with Crippen molar-refractivity contribution in [3.63, 3.8) is 0 Å². The number of nitrogens with zero attached hydrogens (tertiary/aromatic N) is 2. The first kappa shape index (κ1) is 17.4. The monoisotopic (exact) mass is 381 g/mol. The number of primary sulfonamides is 1. The number of hydrogen-bond acceptors (Lipinski definition) is 3. The summed E-state index contributed by atoms with van der Waals surface area (Å²) in [7, 11) is -3.77. The predicted molar refractivity (Wildman–Crippen MR) is 102 cm³/mol. The van der Waals surface area contributed by atoms with Gasteiger partial charge in [-0.3, -0.25) is 0 Å². The van der Waals surface area contributed by atoms with Gasteiger partial charge in [-0.25, -0.2) is 22.5 Å². The second-order valence-corrected chi connectivity index (χ2v) is 7.90. The van der Waals surface area contributed by atoms with Gasteiger partial charge in [-0.1, -0.05) is 30.3 Å². The summed E-state index contributed by atoms with van der Waals surface area (Å²) in [4.78, 5) is 0.0332. The van der Waals surface area contributed by atoms with E-state index >= 15 is 0 Å². The van der Waals surface area contributed by atoms with Gasteiger partial charge in [-0.05, 0) is 48.4 Å². The van der Waals surface area contributed by atoms with Crippen LogP contribution in [-0.2, 0) is 10.0 Å². The molecule has 0 fully saturated rings. The number of rotatable bonds is 3. The van der Waals surface area contributed by atoms with E-state index in [4.69, 9.17) is 5.14 Å². The molecule has 0 radical (unpaired) electrons. The predicted octanol–water partition coefficient (Wildman–Crippen LogP) is 3.76. The second-order valence-electron chi connectivity index (χ2n) is 6.34. The van der Waals surface area contributed by atoms with Crippen molar-refractivity contribution in [2.45, 2.75) is 11.8 Å². The van der Waals surface area contributed by atoms with Crippen LogP contribution in [0.4, 0.5) is 4.39 Å². The van der Waals surface area contributed by atoms with E-state index in [9.17, 15) is 12.8 Å². The quantitative estimate of drug-likeness (QED) is 0.587. The molecule has 2 aromatic heterocycles. The van der Waals surface area contributed by atoms with Gasteiger partial charge in [-0.2, -0.15) is 5.10 Å². The van der Waals surface area contributed by atoms with Crippen molar-refractivity contribution in [3.05, 3.63) is 78.2 Å². The van der Waals surface area contributed by atoms with E-state index in [-0.39, 0.29) is 10.7 Å². The zero-order valence-corrected chi connectivity index (χ0v) is 15.2. The maximum atomic E-state index is 13.8. The van der Waals surface area contributed by atoms with Crippen LogP contribution in [0.25, 0.3) is 27.9 Å². The number of benzene rings is 2. The number of fused-ring (bicyclic) bond motifs is 1. The second kappa shape index (κ2) is 6.29. The molecule has 0 spiro atoms. The summed E-state index contributed by atoms with van der Waals surface area (Å²) in [6.07, 6.45) is 1.89. The molecule has 136 valence electrons. The molecule has 0 saturated carbocycles. The fourth-order valence-corrected chi connectivity index (χ4v) is 3.60. The summed E-state index contributed by atoms with van der Waals surface area (Å²) in [6, 6.07) is 16.4. The minimum Gasteiger partial charge on any atom is -0.239 e. The third-order valence-electron chi connectivity index (χ3n) is 4.35. The normalized spacial score (nSPS) is 11.8. The number of aryl methyl sites for hydroxylation is 1. The fourth-order valence-electron chi connectivity index (χ4n) is 3.09. The highest BCUT2D eigenvalue weighted by Gasteiger charge is 2.18. The third kappa shape index (κ3) is 3.22. The molecule has 0 unspecified atom stereocenters. The summed E-state index contributed by atoms with van der Waals surface area (Å²) >= 11 is 0. The van der Waals surface area contributed by atoms with Crippen LogP contribution in [0.15, 0.2) is 71.8 Å². The Hall–Kier alpha value is -3.03. The molecule has 0 aliphatic heterocycles. The molecule has 4 rings (SSSR count). The Kier molecular flexibility index (Phi) is 4.05. The summed E-state index contributed by atoms with van der Waals surface area (Å²) in [5.74, 6) is -0.351. The molecular formula is C20H16FN3O2S. The van der Waals surface area contributed by atoms with Gasteiger partial charge in [0.15, 0.2) is 0 Å². The fraction of sp³-hybridized carbons (Fsp3) is 0.0500. The van der Waals surface area contributed by atoms with Crippen LogP contribution in [-0.4, -0.2) is 18.0 Å². The van der Waals surface area contributed by atoms with E-state index in [0.29, 0.717) is 11.3 Å². The van der Waals surface area contributed by atoms with Gasteiger partial charge in [0.1, 0.15) is 11.5 Å². The highest BCUT2D eigenvalue weighted by molar-refractivity contribution is 7.89. The highest BCUT2D eigenvalue weighted by Crippen LogP contribution is 2.35. The SMILES string of the molecule is Cc1ccc2c(-c3ccc(S(N)(=O)=O)cc3)c(-c3cccc(F)c3)nn2c1. The minimum absolute atomic E-state index is 0.0332. The van der Waals surface area contributed by atoms with Crippen molar-refractivity contribution in [2.24, 2.45) is 5.14 Å². The number of hydrogen-bond donors (Lipinski definition) is 1. The average molecular weight is 381 g/mol. The Labute approximate surface area is 155 Å². The Morgan fingerprint density at radius 1 is 1.00 bits per heavy atom. The maximum absolute atomic E-state index is 13.8. The van der Waals surface area contributed by atoms with Crippen molar-refractivity contribution in [1.29, 1.82) is 0 Å². The molecule has 5 nitrogen and oxygen atoms in total. The van der Waals surface area contributed by atoms with Gasteiger partial charge in [0, 0.05) is 17.3 Å².